The molecule has 1 fully saturated rings. The zero-order valence-corrected chi connectivity index (χ0v) is 15.5. The van der Waals surface area contributed by atoms with Gasteiger partial charge in [-0.05, 0) is 31.0 Å². The smallest absolute Gasteiger partial charge is 0.344 e. The van der Waals surface area contributed by atoms with Crippen molar-refractivity contribution >= 4 is 46.6 Å². The molecule has 0 unspecified atom stereocenters. The van der Waals surface area contributed by atoms with Gasteiger partial charge in [-0.3, -0.25) is 9.36 Å². The van der Waals surface area contributed by atoms with E-state index in [4.69, 9.17) is 27.9 Å². The third-order valence-corrected chi connectivity index (χ3v) is 5.02. The lowest BCUT2D eigenvalue weighted by atomic mass is 10.2. The predicted octanol–water partition coefficient (Wildman–Crippen LogP) is 2.79. The van der Waals surface area contributed by atoms with Crippen molar-refractivity contribution in [3.05, 3.63) is 38.7 Å². The number of H-pyrrole nitrogens is 1. The Kier molecular flexibility index (Phi) is 6.06. The van der Waals surface area contributed by atoms with Gasteiger partial charge >= 0.3 is 5.69 Å². The molecule has 1 aromatic heterocycles. The number of benzene rings is 1. The zero-order chi connectivity index (χ0) is 17.8. The monoisotopic (exact) mass is 402 g/mol. The molecule has 1 aliphatic rings. The molecular formula is C15H16Cl2N4O3S. The number of hydrogen-bond donors (Lipinski definition) is 2. The number of rotatable bonds is 6. The largest absolute Gasteiger partial charge is 0.376 e. The maximum Gasteiger partial charge on any atom is 0.344 e. The van der Waals surface area contributed by atoms with Crippen molar-refractivity contribution in [2.45, 2.75) is 30.6 Å². The first-order valence-electron chi connectivity index (χ1n) is 7.67. The maximum atomic E-state index is 12.1. The van der Waals surface area contributed by atoms with Gasteiger partial charge in [-0.15, -0.1) is 5.10 Å². The fraction of sp³-hybridized carbons (Fsp3) is 0.400. The van der Waals surface area contributed by atoms with Gasteiger partial charge in [-0.25, -0.2) is 9.89 Å². The summed E-state index contributed by atoms with van der Waals surface area (Å²) >= 11 is 13.0. The van der Waals surface area contributed by atoms with Crippen LogP contribution in [0.3, 0.4) is 0 Å². The van der Waals surface area contributed by atoms with Gasteiger partial charge in [0.2, 0.25) is 5.91 Å². The average molecular weight is 403 g/mol. The van der Waals surface area contributed by atoms with E-state index < -0.39 is 0 Å². The molecule has 1 aliphatic heterocycles. The van der Waals surface area contributed by atoms with Crippen molar-refractivity contribution in [2.24, 2.45) is 0 Å². The molecule has 0 radical (unpaired) electrons. The predicted molar refractivity (Wildman–Crippen MR) is 97.6 cm³/mol. The zero-order valence-electron chi connectivity index (χ0n) is 13.1. The summed E-state index contributed by atoms with van der Waals surface area (Å²) in [5.74, 6) is -0.151. The number of aromatic amines is 1. The molecular weight excluding hydrogens is 387 g/mol. The van der Waals surface area contributed by atoms with Gasteiger partial charge in [-0.1, -0.05) is 35.0 Å². The van der Waals surface area contributed by atoms with Gasteiger partial charge in [0.1, 0.15) is 0 Å². The standard InChI is InChI=1S/C15H16Cl2N4O3S/c16-9-4-10(17)6-11(5-9)18-13(22)8-25-15-20-19-14(23)21(15)7-12-2-1-3-24-12/h4-6,12H,1-3,7-8H2,(H,18,22)(H,19,23)/t12-/m0/s1. The van der Waals surface area contributed by atoms with Crippen LogP contribution in [0.5, 0.6) is 0 Å². The highest BCUT2D eigenvalue weighted by Gasteiger charge is 2.20. The summed E-state index contributed by atoms with van der Waals surface area (Å²) in [5.41, 5.74) is 0.210. The minimum atomic E-state index is -0.306. The Hall–Kier alpha value is -1.48. The number of hydrogen-bond acceptors (Lipinski definition) is 5. The molecule has 25 heavy (non-hydrogen) atoms. The number of nitrogens with zero attached hydrogens (tertiary/aromatic N) is 2. The molecule has 3 rings (SSSR count). The van der Waals surface area contributed by atoms with Crippen LogP contribution in [0.25, 0.3) is 0 Å². The third-order valence-electron chi connectivity index (χ3n) is 3.61. The number of amides is 1. The van der Waals surface area contributed by atoms with Crippen molar-refractivity contribution < 1.29 is 9.53 Å². The number of thioether (sulfide) groups is 1. The van der Waals surface area contributed by atoms with Crippen LogP contribution in [0, 0.1) is 0 Å². The van der Waals surface area contributed by atoms with Gasteiger partial charge in [0, 0.05) is 22.3 Å². The third kappa shape index (κ3) is 5.01. The summed E-state index contributed by atoms with van der Waals surface area (Å²) in [6.45, 7) is 1.15. The molecule has 7 nitrogen and oxygen atoms in total. The van der Waals surface area contributed by atoms with Crippen molar-refractivity contribution in [1.29, 1.82) is 0 Å². The molecule has 0 saturated carbocycles. The average Bonchev–Trinajstić information content (AvgIpc) is 3.16. The van der Waals surface area contributed by atoms with Gasteiger partial charge < -0.3 is 10.1 Å². The number of halogens is 2. The lowest BCUT2D eigenvalue weighted by Crippen LogP contribution is -2.25. The van der Waals surface area contributed by atoms with E-state index in [0.717, 1.165) is 12.8 Å². The SMILES string of the molecule is O=C(CSc1n[nH]c(=O)n1C[C@@H]1CCCO1)Nc1cc(Cl)cc(Cl)c1. The highest BCUT2D eigenvalue weighted by molar-refractivity contribution is 7.99. The Bertz CT molecular complexity index is 797. The van der Waals surface area contributed by atoms with E-state index in [2.05, 4.69) is 15.5 Å². The van der Waals surface area contributed by atoms with Crippen LogP contribution >= 0.6 is 35.0 Å². The number of aromatic nitrogens is 3. The van der Waals surface area contributed by atoms with Gasteiger partial charge in [0.25, 0.3) is 0 Å². The quantitative estimate of drug-likeness (QED) is 0.725. The normalized spacial score (nSPS) is 17.0. The van der Waals surface area contributed by atoms with Gasteiger partial charge in [-0.2, -0.15) is 0 Å². The second-order valence-corrected chi connectivity index (χ2v) is 7.37. The molecule has 10 heteroatoms. The van der Waals surface area contributed by atoms with Crippen molar-refractivity contribution in [2.75, 3.05) is 17.7 Å². The molecule has 0 aliphatic carbocycles. The molecule has 2 heterocycles. The Morgan fingerprint density at radius 1 is 1.40 bits per heavy atom. The number of carbonyl (C=O) groups is 1. The second kappa shape index (κ2) is 8.27. The van der Waals surface area contributed by atoms with Crippen molar-refractivity contribution in [1.82, 2.24) is 14.8 Å². The van der Waals surface area contributed by atoms with Crippen LogP contribution in [-0.2, 0) is 16.1 Å². The van der Waals surface area contributed by atoms with Crippen LogP contribution < -0.4 is 11.0 Å². The minimum absolute atomic E-state index is 0.0112. The Morgan fingerprint density at radius 3 is 2.84 bits per heavy atom. The summed E-state index contributed by atoms with van der Waals surface area (Å²) in [4.78, 5) is 24.0. The molecule has 2 aromatic rings. The number of anilines is 1. The fourth-order valence-electron chi connectivity index (χ4n) is 2.52. The Balaban J connectivity index is 1.59. The van der Waals surface area contributed by atoms with Crippen LogP contribution in [0.2, 0.25) is 10.0 Å². The summed E-state index contributed by atoms with van der Waals surface area (Å²) in [6, 6.07) is 4.80. The van der Waals surface area contributed by atoms with Crippen LogP contribution in [0.15, 0.2) is 28.2 Å². The summed E-state index contributed by atoms with van der Waals surface area (Å²) in [7, 11) is 0. The Morgan fingerprint density at radius 2 is 2.16 bits per heavy atom. The number of ether oxygens (including phenoxy) is 1. The topological polar surface area (TPSA) is 89.0 Å². The minimum Gasteiger partial charge on any atom is -0.376 e. The van der Waals surface area contributed by atoms with Gasteiger partial charge in [0.05, 0.1) is 18.4 Å². The highest BCUT2D eigenvalue weighted by Crippen LogP contribution is 2.23. The molecule has 2 N–H and O–H groups in total. The molecule has 134 valence electrons. The molecule has 0 spiro atoms. The first-order chi connectivity index (χ1) is 12.0. The Labute approximate surface area is 158 Å². The van der Waals surface area contributed by atoms with E-state index >= 15 is 0 Å². The summed E-state index contributed by atoms with van der Waals surface area (Å²) in [5, 5.41) is 10.4. The molecule has 1 saturated heterocycles. The van der Waals surface area contributed by atoms with E-state index in [1.165, 1.54) is 16.3 Å². The van der Waals surface area contributed by atoms with Crippen LogP contribution in [-0.4, -0.2) is 39.1 Å². The van der Waals surface area contributed by atoms with E-state index in [1.807, 2.05) is 0 Å². The van der Waals surface area contributed by atoms with Gasteiger partial charge in [0.15, 0.2) is 5.16 Å². The number of carbonyl (C=O) groups excluding carboxylic acids is 1. The first kappa shape index (κ1) is 18.3. The molecule has 1 aromatic carbocycles. The molecule has 1 atom stereocenters. The fourth-order valence-corrected chi connectivity index (χ4v) is 3.80. The lowest BCUT2D eigenvalue weighted by molar-refractivity contribution is -0.113. The van der Waals surface area contributed by atoms with E-state index in [1.54, 1.807) is 18.2 Å². The number of nitrogens with one attached hydrogen (secondary N) is 2. The van der Waals surface area contributed by atoms with Crippen molar-refractivity contribution in [3.8, 4) is 0 Å². The molecule has 1 amide bonds. The van der Waals surface area contributed by atoms with Crippen molar-refractivity contribution in [3.63, 3.8) is 0 Å². The van der Waals surface area contributed by atoms with E-state index in [0.29, 0.717) is 34.0 Å². The maximum absolute atomic E-state index is 12.1. The first-order valence-corrected chi connectivity index (χ1v) is 9.41. The summed E-state index contributed by atoms with van der Waals surface area (Å²) in [6.07, 6.45) is 1.92. The van der Waals surface area contributed by atoms with Crippen LogP contribution in [0.4, 0.5) is 5.69 Å². The summed E-state index contributed by atoms with van der Waals surface area (Å²) < 4.78 is 7.05. The van der Waals surface area contributed by atoms with Crippen LogP contribution in [0.1, 0.15) is 12.8 Å². The van der Waals surface area contributed by atoms with E-state index in [-0.39, 0.29) is 23.5 Å². The second-order valence-electron chi connectivity index (χ2n) is 5.55. The lowest BCUT2D eigenvalue weighted by Gasteiger charge is -2.11. The van der Waals surface area contributed by atoms with E-state index in [9.17, 15) is 9.59 Å². The molecule has 0 bridgehead atoms. The highest BCUT2D eigenvalue weighted by atomic mass is 35.5.